The van der Waals surface area contributed by atoms with Gasteiger partial charge in [-0.25, -0.2) is 5.84 Å². The van der Waals surface area contributed by atoms with Gasteiger partial charge in [-0.05, 0) is 5.92 Å². The van der Waals surface area contributed by atoms with Gasteiger partial charge in [-0.3, -0.25) is 5.43 Å². The Labute approximate surface area is 61.2 Å². The van der Waals surface area contributed by atoms with Crippen molar-refractivity contribution in [1.82, 2.24) is 5.43 Å². The zero-order valence-corrected chi connectivity index (χ0v) is 6.64. The van der Waals surface area contributed by atoms with E-state index in [1.807, 2.05) is 13.8 Å². The number of nitrogens with two attached hydrogens (primary N) is 2. The number of nitrogens with one attached hydrogen (secondary N) is 1. The first-order valence-corrected chi connectivity index (χ1v) is 3.13. The zero-order chi connectivity index (χ0) is 8.15. The highest BCUT2D eigenvalue weighted by molar-refractivity contribution is 5.03. The van der Waals surface area contributed by atoms with Crippen LogP contribution in [0.4, 0.5) is 0 Å². The summed E-state index contributed by atoms with van der Waals surface area (Å²) >= 11 is 0. The lowest BCUT2D eigenvalue weighted by Crippen LogP contribution is -2.27. The topological polar surface area (TPSA) is 73.3 Å². The minimum atomic E-state index is 0.242. The molecule has 0 aromatic carbocycles. The molecule has 0 amide bonds. The molecule has 0 bridgehead atoms. The lowest BCUT2D eigenvalue weighted by molar-refractivity contribution is 0.252. The van der Waals surface area contributed by atoms with E-state index in [2.05, 4.69) is 5.43 Å². The Kier molecular flexibility index (Phi) is 3.64. The number of allylic oxidation sites excluding steroid dienone is 1. The molecule has 0 fully saturated rings. The molecule has 0 radical (unpaired) electrons. The van der Waals surface area contributed by atoms with E-state index in [-0.39, 0.29) is 5.92 Å². The van der Waals surface area contributed by atoms with Crippen molar-refractivity contribution in [3.63, 3.8) is 0 Å². The van der Waals surface area contributed by atoms with Gasteiger partial charge in [0.05, 0.1) is 12.8 Å². The number of hydrogen-bond acceptors (Lipinski definition) is 4. The molecule has 0 aliphatic rings. The number of hydrogen-bond donors (Lipinski definition) is 3. The molecule has 0 spiro atoms. The van der Waals surface area contributed by atoms with Crippen LogP contribution in [0.3, 0.4) is 0 Å². The summed E-state index contributed by atoms with van der Waals surface area (Å²) in [6.45, 7) is 3.93. The van der Waals surface area contributed by atoms with E-state index >= 15 is 0 Å². The molecule has 0 aliphatic heterocycles. The minimum absolute atomic E-state index is 0.242. The summed E-state index contributed by atoms with van der Waals surface area (Å²) in [4.78, 5) is 0. The van der Waals surface area contributed by atoms with Gasteiger partial charge in [0, 0.05) is 0 Å². The Hall–Kier alpha value is -0.900. The van der Waals surface area contributed by atoms with Crippen molar-refractivity contribution in [1.29, 1.82) is 0 Å². The molecule has 0 saturated heterocycles. The number of hydrazine groups is 1. The summed E-state index contributed by atoms with van der Waals surface area (Å²) in [5.41, 5.74) is 8.59. The molecule has 0 unspecified atom stereocenters. The molecule has 0 aromatic rings. The number of ether oxygens (including phenoxy) is 1. The normalized spacial score (nSPS) is 12.9. The van der Waals surface area contributed by atoms with E-state index in [4.69, 9.17) is 16.3 Å². The van der Waals surface area contributed by atoms with Crippen LogP contribution in [-0.2, 0) is 4.74 Å². The molecule has 4 nitrogen and oxygen atoms in total. The van der Waals surface area contributed by atoms with Gasteiger partial charge in [0.25, 0.3) is 0 Å². The summed E-state index contributed by atoms with van der Waals surface area (Å²) in [6.07, 6.45) is 0. The summed E-state index contributed by atoms with van der Waals surface area (Å²) in [5, 5.41) is 0. The molecule has 0 saturated carbocycles. The third-order valence-corrected chi connectivity index (χ3v) is 1.22. The average molecular weight is 145 g/mol. The molecule has 10 heavy (non-hydrogen) atoms. The summed E-state index contributed by atoms with van der Waals surface area (Å²) in [7, 11) is 1.52. The maximum absolute atomic E-state index is 5.59. The molecule has 60 valence electrons. The maximum Gasteiger partial charge on any atom is 0.220 e. The third-order valence-electron chi connectivity index (χ3n) is 1.22. The largest absolute Gasteiger partial charge is 0.480 e. The van der Waals surface area contributed by atoms with Gasteiger partial charge >= 0.3 is 0 Å². The third kappa shape index (κ3) is 2.14. The Morgan fingerprint density at radius 2 is 2.00 bits per heavy atom. The van der Waals surface area contributed by atoms with Crippen LogP contribution >= 0.6 is 0 Å². The van der Waals surface area contributed by atoms with Gasteiger partial charge in [-0.2, -0.15) is 0 Å². The van der Waals surface area contributed by atoms with Crippen LogP contribution in [0.1, 0.15) is 13.8 Å². The van der Waals surface area contributed by atoms with Crippen LogP contribution in [0.5, 0.6) is 0 Å². The fourth-order valence-electron chi connectivity index (χ4n) is 0.522. The fourth-order valence-corrected chi connectivity index (χ4v) is 0.522. The van der Waals surface area contributed by atoms with Crippen molar-refractivity contribution < 1.29 is 4.74 Å². The van der Waals surface area contributed by atoms with Crippen LogP contribution in [0.15, 0.2) is 11.6 Å². The highest BCUT2D eigenvalue weighted by atomic mass is 16.5. The molecule has 0 rings (SSSR count). The molecule has 0 heterocycles. The second-order valence-electron chi connectivity index (χ2n) is 2.29. The molecule has 0 aromatic heterocycles. The van der Waals surface area contributed by atoms with Crippen LogP contribution < -0.4 is 17.0 Å². The van der Waals surface area contributed by atoms with Crippen molar-refractivity contribution in [3.05, 3.63) is 11.6 Å². The van der Waals surface area contributed by atoms with Crippen LogP contribution in [0.25, 0.3) is 0 Å². The Morgan fingerprint density at radius 1 is 1.50 bits per heavy atom. The van der Waals surface area contributed by atoms with E-state index in [9.17, 15) is 0 Å². The molecular weight excluding hydrogens is 130 g/mol. The number of methoxy groups -OCH3 is 1. The van der Waals surface area contributed by atoms with Gasteiger partial charge < -0.3 is 10.5 Å². The monoisotopic (exact) mass is 145 g/mol. The standard InChI is InChI=1S/C6H15N3O/c1-4(2)5(7)6(9-8)10-3/h4,9H,7-8H2,1-3H3/b6-5+. The number of rotatable bonds is 3. The average Bonchev–Trinajstić information content (AvgIpc) is 1.90. The summed E-state index contributed by atoms with van der Waals surface area (Å²) in [6, 6.07) is 0. The summed E-state index contributed by atoms with van der Waals surface area (Å²) in [5.74, 6) is 5.79. The highest BCUT2D eigenvalue weighted by Gasteiger charge is 2.04. The Bertz CT molecular complexity index is 125. The lowest BCUT2D eigenvalue weighted by Gasteiger charge is -2.11. The van der Waals surface area contributed by atoms with Gasteiger partial charge in [-0.15, -0.1) is 0 Å². The SMILES string of the molecule is CO/C(NN)=C(/N)C(C)C. The van der Waals surface area contributed by atoms with Gasteiger partial charge in [0.15, 0.2) is 0 Å². The highest BCUT2D eigenvalue weighted by Crippen LogP contribution is 2.05. The van der Waals surface area contributed by atoms with Crippen molar-refractivity contribution in [3.8, 4) is 0 Å². The van der Waals surface area contributed by atoms with Crippen LogP contribution in [0.2, 0.25) is 0 Å². The smallest absolute Gasteiger partial charge is 0.220 e. The van der Waals surface area contributed by atoms with E-state index in [1.54, 1.807) is 0 Å². The van der Waals surface area contributed by atoms with Gasteiger partial charge in [-0.1, -0.05) is 13.8 Å². The zero-order valence-electron chi connectivity index (χ0n) is 6.64. The molecular formula is C6H15N3O. The first kappa shape index (κ1) is 9.10. The molecule has 0 aliphatic carbocycles. The Balaban J connectivity index is 4.27. The predicted octanol–water partition coefficient (Wildman–Crippen LogP) is -0.120. The van der Waals surface area contributed by atoms with E-state index in [0.717, 1.165) is 0 Å². The van der Waals surface area contributed by atoms with Crippen molar-refractivity contribution in [2.45, 2.75) is 13.8 Å². The second-order valence-corrected chi connectivity index (χ2v) is 2.29. The van der Waals surface area contributed by atoms with Crippen molar-refractivity contribution in [2.24, 2.45) is 17.5 Å². The lowest BCUT2D eigenvalue weighted by atomic mass is 10.1. The molecule has 5 N–H and O–H groups in total. The first-order valence-electron chi connectivity index (χ1n) is 3.13. The fraction of sp³-hybridized carbons (Fsp3) is 0.667. The predicted molar refractivity (Wildman–Crippen MR) is 40.4 cm³/mol. The van der Waals surface area contributed by atoms with Crippen LogP contribution in [0, 0.1) is 5.92 Å². The molecule has 4 heteroatoms. The van der Waals surface area contributed by atoms with Gasteiger partial charge in [0.2, 0.25) is 5.88 Å². The summed E-state index contributed by atoms with van der Waals surface area (Å²) < 4.78 is 4.84. The maximum atomic E-state index is 5.59. The second kappa shape index (κ2) is 4.00. The molecule has 0 atom stereocenters. The quantitative estimate of drug-likeness (QED) is 0.294. The minimum Gasteiger partial charge on any atom is -0.480 e. The Morgan fingerprint density at radius 3 is 2.10 bits per heavy atom. The van der Waals surface area contributed by atoms with Crippen molar-refractivity contribution in [2.75, 3.05) is 7.11 Å². The first-order chi connectivity index (χ1) is 4.63. The van der Waals surface area contributed by atoms with Crippen LogP contribution in [-0.4, -0.2) is 7.11 Å². The van der Waals surface area contributed by atoms with Crippen molar-refractivity contribution >= 4 is 0 Å². The van der Waals surface area contributed by atoms with E-state index in [0.29, 0.717) is 11.6 Å². The van der Waals surface area contributed by atoms with E-state index in [1.165, 1.54) is 7.11 Å². The van der Waals surface area contributed by atoms with Gasteiger partial charge in [0.1, 0.15) is 0 Å². The van der Waals surface area contributed by atoms with E-state index < -0.39 is 0 Å².